The van der Waals surface area contributed by atoms with Gasteiger partial charge in [-0.05, 0) is 67.3 Å². The van der Waals surface area contributed by atoms with Gasteiger partial charge in [0.15, 0.2) is 0 Å². The smallest absolute Gasteiger partial charge is 0.337 e. The van der Waals surface area contributed by atoms with E-state index in [-0.39, 0.29) is 10.8 Å². The zero-order valence-electron chi connectivity index (χ0n) is 17.2. The van der Waals surface area contributed by atoms with E-state index >= 15 is 0 Å². The summed E-state index contributed by atoms with van der Waals surface area (Å²) in [7, 11) is 2.03. The highest BCUT2D eigenvalue weighted by Gasteiger charge is 2.36. The molecule has 1 aromatic heterocycles. The number of nitrogens with one attached hydrogen (secondary N) is 1. The number of benzene rings is 1. The molecular weight excluding hydrogens is 366 g/mol. The molecule has 2 aromatic rings. The van der Waals surface area contributed by atoms with Crippen molar-refractivity contribution < 1.29 is 9.90 Å². The van der Waals surface area contributed by atoms with Gasteiger partial charge in [0.1, 0.15) is 0 Å². The Morgan fingerprint density at radius 3 is 2.64 bits per heavy atom. The number of aryl methyl sites for hydroxylation is 1. The second-order valence-electron chi connectivity index (χ2n) is 9.45. The first-order valence-corrected chi connectivity index (χ1v) is 11.3. The normalized spacial score (nSPS) is 20.1. The first-order chi connectivity index (χ1) is 13.4. The Kier molecular flexibility index (Phi) is 5.13. The molecule has 3 nitrogen and oxygen atoms in total. The van der Waals surface area contributed by atoms with Crippen molar-refractivity contribution in [2.45, 2.75) is 64.2 Å². The summed E-state index contributed by atoms with van der Waals surface area (Å²) < 4.78 is 0. The van der Waals surface area contributed by atoms with Gasteiger partial charge < -0.3 is 10.4 Å². The Labute approximate surface area is 172 Å². The molecule has 0 saturated heterocycles. The lowest BCUT2D eigenvalue weighted by Crippen LogP contribution is -2.34. The fourth-order valence-electron chi connectivity index (χ4n) is 5.30. The Morgan fingerprint density at radius 2 is 1.96 bits per heavy atom. The maximum atomic E-state index is 12.2. The Balaban J connectivity index is 1.80. The number of rotatable bonds is 5. The van der Waals surface area contributed by atoms with Crippen molar-refractivity contribution in [3.8, 4) is 10.4 Å². The molecule has 0 atom stereocenters. The van der Waals surface area contributed by atoms with Crippen molar-refractivity contribution in [2.75, 3.05) is 13.6 Å². The third-order valence-corrected chi connectivity index (χ3v) is 8.14. The lowest BCUT2D eigenvalue weighted by Gasteiger charge is -2.30. The van der Waals surface area contributed by atoms with E-state index in [4.69, 9.17) is 0 Å². The predicted octanol–water partition coefficient (Wildman–Crippen LogP) is 5.66. The van der Waals surface area contributed by atoms with Crippen molar-refractivity contribution in [1.82, 2.24) is 5.32 Å². The van der Waals surface area contributed by atoms with Crippen LogP contribution in [0.25, 0.3) is 10.4 Å². The minimum Gasteiger partial charge on any atom is -0.478 e. The van der Waals surface area contributed by atoms with Gasteiger partial charge in [0.25, 0.3) is 0 Å². The molecule has 0 radical (unpaired) electrons. The number of hydrogen-bond donors (Lipinski definition) is 2. The molecule has 0 aliphatic heterocycles. The second kappa shape index (κ2) is 7.31. The molecule has 0 amide bonds. The molecule has 0 bridgehead atoms. The van der Waals surface area contributed by atoms with Crippen LogP contribution in [0.4, 0.5) is 0 Å². The van der Waals surface area contributed by atoms with Gasteiger partial charge >= 0.3 is 5.97 Å². The van der Waals surface area contributed by atoms with Crippen LogP contribution < -0.4 is 5.32 Å². The van der Waals surface area contributed by atoms with Crippen molar-refractivity contribution >= 4 is 17.3 Å². The van der Waals surface area contributed by atoms with Crippen molar-refractivity contribution in [3.63, 3.8) is 0 Å². The van der Waals surface area contributed by atoms with Crippen LogP contribution >= 0.6 is 11.3 Å². The maximum Gasteiger partial charge on any atom is 0.337 e. The van der Waals surface area contributed by atoms with Crippen LogP contribution in [0.3, 0.4) is 0 Å². The minimum atomic E-state index is -0.776. The third kappa shape index (κ3) is 3.42. The van der Waals surface area contributed by atoms with Gasteiger partial charge in [0.2, 0.25) is 0 Å². The average Bonchev–Trinajstić information content (AvgIpc) is 3.26. The predicted molar refractivity (Wildman–Crippen MR) is 117 cm³/mol. The van der Waals surface area contributed by atoms with E-state index in [9.17, 15) is 9.90 Å². The molecule has 0 spiro atoms. The van der Waals surface area contributed by atoms with E-state index in [0.717, 1.165) is 41.8 Å². The van der Waals surface area contributed by atoms with Gasteiger partial charge in [-0.2, -0.15) is 0 Å². The molecule has 2 N–H and O–H groups in total. The first-order valence-electron chi connectivity index (χ1n) is 10.5. The molecule has 4 rings (SSSR count). The van der Waals surface area contributed by atoms with Crippen LogP contribution in [0.1, 0.15) is 72.3 Å². The molecule has 4 heteroatoms. The van der Waals surface area contributed by atoms with E-state index in [1.165, 1.54) is 36.1 Å². The van der Waals surface area contributed by atoms with E-state index in [0.29, 0.717) is 5.56 Å². The number of fused-ring (bicyclic) bond motifs is 1. The SMILES string of the molecule is CNCC1(c2cccc(-c3sc4c(c3C(=O)O)CC(C)(C)CC4)c2)CCCC1. The van der Waals surface area contributed by atoms with Gasteiger partial charge in [-0.15, -0.1) is 11.3 Å². The standard InChI is InChI=1S/C24H31NO2S/c1-23(2)12-9-19-18(14-23)20(22(26)27)21(28-19)16-7-6-8-17(13-16)24(15-25-3)10-4-5-11-24/h6-8,13,25H,4-5,9-12,14-15H2,1-3H3,(H,26,27). The summed E-state index contributed by atoms with van der Waals surface area (Å²) in [4.78, 5) is 14.5. The molecule has 2 aliphatic rings. The number of hydrogen-bond acceptors (Lipinski definition) is 3. The van der Waals surface area contributed by atoms with E-state index in [2.05, 4.69) is 43.4 Å². The topological polar surface area (TPSA) is 49.3 Å². The van der Waals surface area contributed by atoms with Crippen molar-refractivity contribution in [1.29, 1.82) is 0 Å². The number of aromatic carboxylic acids is 1. The molecule has 2 aliphatic carbocycles. The Bertz CT molecular complexity index is 890. The Morgan fingerprint density at radius 1 is 1.21 bits per heavy atom. The number of thiophene rings is 1. The third-order valence-electron chi connectivity index (χ3n) is 6.80. The highest BCUT2D eigenvalue weighted by molar-refractivity contribution is 7.16. The quantitative estimate of drug-likeness (QED) is 0.684. The summed E-state index contributed by atoms with van der Waals surface area (Å²) in [5, 5.41) is 13.4. The van der Waals surface area contributed by atoms with Crippen LogP contribution in [0.2, 0.25) is 0 Å². The summed E-state index contributed by atoms with van der Waals surface area (Å²) in [5.41, 5.74) is 4.44. The number of carbonyl (C=O) groups is 1. The van der Waals surface area contributed by atoms with Crippen molar-refractivity contribution in [2.24, 2.45) is 5.41 Å². The fourth-order valence-corrected chi connectivity index (χ4v) is 6.60. The maximum absolute atomic E-state index is 12.2. The summed E-state index contributed by atoms with van der Waals surface area (Å²) in [6.07, 6.45) is 7.95. The van der Waals surface area contributed by atoms with Crippen LogP contribution in [0, 0.1) is 5.41 Å². The van der Waals surface area contributed by atoms with Gasteiger partial charge in [-0.3, -0.25) is 0 Å². The number of carboxylic acids is 1. The molecular formula is C24H31NO2S. The monoisotopic (exact) mass is 397 g/mol. The molecule has 1 fully saturated rings. The molecule has 1 heterocycles. The van der Waals surface area contributed by atoms with Crippen LogP contribution in [0.15, 0.2) is 24.3 Å². The Hall–Kier alpha value is -1.65. The first kappa shape index (κ1) is 19.7. The largest absolute Gasteiger partial charge is 0.478 e. The van der Waals surface area contributed by atoms with Gasteiger partial charge in [-0.1, -0.05) is 44.9 Å². The van der Waals surface area contributed by atoms with Crippen LogP contribution in [-0.2, 0) is 18.3 Å². The summed E-state index contributed by atoms with van der Waals surface area (Å²) in [6.45, 7) is 5.49. The lowest BCUT2D eigenvalue weighted by atomic mass is 9.75. The second-order valence-corrected chi connectivity index (χ2v) is 10.6. The van der Waals surface area contributed by atoms with Gasteiger partial charge in [0, 0.05) is 21.7 Å². The van der Waals surface area contributed by atoms with Gasteiger partial charge in [-0.25, -0.2) is 4.79 Å². The zero-order valence-corrected chi connectivity index (χ0v) is 18.0. The lowest BCUT2D eigenvalue weighted by molar-refractivity contribution is 0.0696. The number of likely N-dealkylation sites (N-methyl/N-ethyl adjacent to an activating group) is 1. The highest BCUT2D eigenvalue weighted by atomic mass is 32.1. The fraction of sp³-hybridized carbons (Fsp3) is 0.542. The van der Waals surface area contributed by atoms with Gasteiger partial charge in [0.05, 0.1) is 5.56 Å². The molecule has 0 unspecified atom stereocenters. The summed E-state index contributed by atoms with van der Waals surface area (Å²) >= 11 is 1.71. The zero-order chi connectivity index (χ0) is 19.9. The van der Waals surface area contributed by atoms with E-state index in [1.54, 1.807) is 11.3 Å². The van der Waals surface area contributed by atoms with Crippen LogP contribution in [0.5, 0.6) is 0 Å². The molecule has 1 saturated carbocycles. The summed E-state index contributed by atoms with van der Waals surface area (Å²) in [6, 6.07) is 8.73. The van der Waals surface area contributed by atoms with Crippen LogP contribution in [-0.4, -0.2) is 24.7 Å². The van der Waals surface area contributed by atoms with Crippen molar-refractivity contribution in [3.05, 3.63) is 45.8 Å². The summed E-state index contributed by atoms with van der Waals surface area (Å²) in [5.74, 6) is -0.776. The number of carboxylic acid groups (broad SMARTS) is 1. The molecule has 28 heavy (non-hydrogen) atoms. The van der Waals surface area contributed by atoms with E-state index in [1.807, 2.05) is 7.05 Å². The highest BCUT2D eigenvalue weighted by Crippen LogP contribution is 2.46. The molecule has 1 aromatic carbocycles. The average molecular weight is 398 g/mol. The molecule has 150 valence electrons. The minimum absolute atomic E-state index is 0.179. The van der Waals surface area contributed by atoms with E-state index < -0.39 is 5.97 Å².